The molecule has 7 heteroatoms. The highest BCUT2D eigenvalue weighted by molar-refractivity contribution is 6.50. The number of hydrogen-bond donors (Lipinski definition) is 1. The maximum absolute atomic E-state index is 9.87. The van der Waals surface area contributed by atoms with Gasteiger partial charge in [-0.25, -0.2) is 0 Å². The van der Waals surface area contributed by atoms with Crippen LogP contribution in [0.5, 0.6) is 11.5 Å². The molecule has 2 rings (SSSR count). The summed E-state index contributed by atoms with van der Waals surface area (Å²) in [5, 5.41) is 9.68. The zero-order chi connectivity index (χ0) is 19.5. The predicted molar refractivity (Wildman–Crippen MR) is 108 cm³/mol. The summed E-state index contributed by atoms with van der Waals surface area (Å²) in [7, 11) is 0. The third kappa shape index (κ3) is 5.34. The first-order valence-corrected chi connectivity index (χ1v) is 9.53. The summed E-state index contributed by atoms with van der Waals surface area (Å²) in [6, 6.07) is 9.62. The lowest BCUT2D eigenvalue weighted by molar-refractivity contribution is -0.0160. The summed E-state index contributed by atoms with van der Waals surface area (Å²) in [6.07, 6.45) is 0.176. The van der Waals surface area contributed by atoms with Gasteiger partial charge in [0.15, 0.2) is 11.5 Å². The fraction of sp³-hybridized carbons (Fsp3) is 0.368. The molecule has 26 heavy (non-hydrogen) atoms. The topological polar surface area (TPSA) is 38.7 Å². The van der Waals surface area contributed by atoms with Crippen molar-refractivity contribution in [1.82, 2.24) is 0 Å². The Bertz CT molecular complexity index is 729. The Kier molecular flexibility index (Phi) is 7.35. The molecule has 0 bridgehead atoms. The molecule has 0 saturated carbocycles. The van der Waals surface area contributed by atoms with Crippen LogP contribution in [0, 0.1) is 0 Å². The Labute approximate surface area is 173 Å². The number of ether oxygens (including phenoxy) is 2. The molecular formula is C19H20Cl4O3. The molecule has 1 unspecified atom stereocenters. The zero-order valence-corrected chi connectivity index (χ0v) is 17.7. The zero-order valence-electron chi connectivity index (χ0n) is 14.7. The van der Waals surface area contributed by atoms with Crippen LogP contribution in [0.1, 0.15) is 38.9 Å². The van der Waals surface area contributed by atoms with E-state index in [4.69, 9.17) is 55.9 Å². The van der Waals surface area contributed by atoms with Crippen molar-refractivity contribution < 1.29 is 14.6 Å². The molecular weight excluding hydrogens is 418 g/mol. The second kappa shape index (κ2) is 8.90. The minimum Gasteiger partial charge on any atom is -0.505 e. The van der Waals surface area contributed by atoms with E-state index in [1.165, 1.54) is 0 Å². The van der Waals surface area contributed by atoms with Crippen LogP contribution in [-0.2, 0) is 4.74 Å². The molecule has 142 valence electrons. The molecule has 1 N–H and O–H groups in total. The van der Waals surface area contributed by atoms with E-state index < -0.39 is 0 Å². The molecule has 2 aromatic rings. The van der Waals surface area contributed by atoms with E-state index in [-0.39, 0.29) is 43.3 Å². The molecule has 0 saturated heterocycles. The van der Waals surface area contributed by atoms with Crippen molar-refractivity contribution in [1.29, 1.82) is 0 Å². The average molecular weight is 438 g/mol. The predicted octanol–water partition coefficient (Wildman–Crippen LogP) is 7.33. The lowest BCUT2D eigenvalue weighted by Crippen LogP contribution is -2.21. The number of halogens is 4. The smallest absolute Gasteiger partial charge is 0.160 e. The molecule has 0 amide bonds. The van der Waals surface area contributed by atoms with Crippen molar-refractivity contribution in [2.75, 3.05) is 6.61 Å². The first-order valence-electron chi connectivity index (χ1n) is 8.02. The second-order valence-electron chi connectivity index (χ2n) is 6.70. The lowest BCUT2D eigenvalue weighted by atomic mass is 10.1. The van der Waals surface area contributed by atoms with Crippen LogP contribution in [-0.4, -0.2) is 17.3 Å². The Balaban J connectivity index is 2.33. The number of phenolic OH excluding ortho intramolecular Hbond substituents is 1. The van der Waals surface area contributed by atoms with Gasteiger partial charge in [-0.1, -0.05) is 76.7 Å². The van der Waals surface area contributed by atoms with Crippen LogP contribution in [0.2, 0.25) is 20.1 Å². The maximum Gasteiger partial charge on any atom is 0.160 e. The van der Waals surface area contributed by atoms with Gasteiger partial charge in [-0.3, -0.25) is 0 Å². The van der Waals surface area contributed by atoms with Crippen molar-refractivity contribution in [3.63, 3.8) is 0 Å². The SMILES string of the molecule is CC(C)(C)OCCC(Oc1c(Cl)c(Cl)c(O)c(Cl)c1Cl)c1ccccc1. The largest absolute Gasteiger partial charge is 0.505 e. The summed E-state index contributed by atoms with van der Waals surface area (Å²) < 4.78 is 11.9. The van der Waals surface area contributed by atoms with E-state index in [0.717, 1.165) is 5.56 Å². The van der Waals surface area contributed by atoms with Crippen LogP contribution in [0.25, 0.3) is 0 Å². The van der Waals surface area contributed by atoms with E-state index in [9.17, 15) is 5.11 Å². The number of rotatable bonds is 6. The minimum atomic E-state index is -0.384. The van der Waals surface area contributed by atoms with Gasteiger partial charge in [-0.05, 0) is 26.3 Å². The molecule has 3 nitrogen and oxygen atoms in total. The Morgan fingerprint density at radius 1 is 0.923 bits per heavy atom. The highest BCUT2D eigenvalue weighted by atomic mass is 35.5. The van der Waals surface area contributed by atoms with Crippen LogP contribution < -0.4 is 4.74 Å². The molecule has 2 aromatic carbocycles. The van der Waals surface area contributed by atoms with Gasteiger partial charge in [-0.2, -0.15) is 0 Å². The molecule has 0 heterocycles. The van der Waals surface area contributed by atoms with E-state index in [2.05, 4.69) is 0 Å². The summed E-state index contributed by atoms with van der Waals surface area (Å²) >= 11 is 24.5. The molecule has 1 atom stereocenters. The highest BCUT2D eigenvalue weighted by Gasteiger charge is 2.25. The summed E-state index contributed by atoms with van der Waals surface area (Å²) in [4.78, 5) is 0. The first-order chi connectivity index (χ1) is 12.1. The Hall–Kier alpha value is -0.840. The molecule has 0 radical (unpaired) electrons. The van der Waals surface area contributed by atoms with Crippen molar-refractivity contribution in [2.24, 2.45) is 0 Å². The van der Waals surface area contributed by atoms with Gasteiger partial charge in [0.1, 0.15) is 26.2 Å². The molecule has 0 aromatic heterocycles. The maximum atomic E-state index is 9.87. The van der Waals surface area contributed by atoms with Gasteiger partial charge >= 0.3 is 0 Å². The third-order valence-corrected chi connectivity index (χ3v) is 5.20. The second-order valence-corrected chi connectivity index (χ2v) is 8.21. The monoisotopic (exact) mass is 436 g/mol. The quantitative estimate of drug-likeness (QED) is 0.480. The fourth-order valence-electron chi connectivity index (χ4n) is 2.28. The van der Waals surface area contributed by atoms with Crippen LogP contribution in [0.3, 0.4) is 0 Å². The number of phenols is 1. The molecule has 0 aliphatic rings. The van der Waals surface area contributed by atoms with Crippen molar-refractivity contribution in [3.05, 3.63) is 56.0 Å². The van der Waals surface area contributed by atoms with E-state index in [0.29, 0.717) is 13.0 Å². The van der Waals surface area contributed by atoms with Crippen LogP contribution >= 0.6 is 46.4 Å². The van der Waals surface area contributed by atoms with Gasteiger partial charge in [0, 0.05) is 6.42 Å². The van der Waals surface area contributed by atoms with Gasteiger partial charge in [0.05, 0.1) is 12.2 Å². The Morgan fingerprint density at radius 3 is 1.96 bits per heavy atom. The Morgan fingerprint density at radius 2 is 1.46 bits per heavy atom. The number of benzene rings is 2. The number of hydrogen-bond acceptors (Lipinski definition) is 3. The van der Waals surface area contributed by atoms with Gasteiger partial charge in [-0.15, -0.1) is 0 Å². The standard InChI is InChI=1S/C19H20Cl4O3/c1-19(2,3)25-10-9-12(11-7-5-4-6-8-11)26-18-15(22)13(20)17(24)14(21)16(18)23/h4-8,12,24H,9-10H2,1-3H3. The van der Waals surface area contributed by atoms with E-state index >= 15 is 0 Å². The summed E-state index contributed by atoms with van der Waals surface area (Å²) in [5.41, 5.74) is 0.666. The lowest BCUT2D eigenvalue weighted by Gasteiger charge is -2.25. The van der Waals surface area contributed by atoms with Gasteiger partial charge in [0.25, 0.3) is 0 Å². The molecule has 0 aliphatic carbocycles. The van der Waals surface area contributed by atoms with Crippen LogP contribution in [0.4, 0.5) is 0 Å². The molecule has 0 fully saturated rings. The van der Waals surface area contributed by atoms with E-state index in [1.807, 2.05) is 51.1 Å². The molecule has 0 aliphatic heterocycles. The first kappa shape index (κ1) is 21.5. The number of aromatic hydroxyl groups is 1. The van der Waals surface area contributed by atoms with Crippen molar-refractivity contribution in [2.45, 2.75) is 38.9 Å². The molecule has 0 spiro atoms. The van der Waals surface area contributed by atoms with Crippen molar-refractivity contribution in [3.8, 4) is 11.5 Å². The highest BCUT2D eigenvalue weighted by Crippen LogP contribution is 2.50. The summed E-state index contributed by atoms with van der Waals surface area (Å²) in [6.45, 7) is 6.42. The minimum absolute atomic E-state index is 0.0104. The average Bonchev–Trinajstić information content (AvgIpc) is 2.60. The van der Waals surface area contributed by atoms with E-state index in [1.54, 1.807) is 0 Å². The fourth-order valence-corrected chi connectivity index (χ4v) is 3.19. The van der Waals surface area contributed by atoms with Gasteiger partial charge in [0.2, 0.25) is 0 Å². The third-order valence-electron chi connectivity index (χ3n) is 3.55. The van der Waals surface area contributed by atoms with Crippen LogP contribution in [0.15, 0.2) is 30.3 Å². The normalized spacial score (nSPS) is 12.9. The summed E-state index contributed by atoms with van der Waals surface area (Å²) in [5.74, 6) is -0.242. The van der Waals surface area contributed by atoms with Gasteiger partial charge < -0.3 is 14.6 Å². The van der Waals surface area contributed by atoms with Crippen molar-refractivity contribution >= 4 is 46.4 Å².